The molecule has 1 aliphatic heterocycles. The SMILES string of the molecule is CN1CCCC1(CN)CCc1ccccc1. The summed E-state index contributed by atoms with van der Waals surface area (Å²) in [5.41, 5.74) is 7.67. The van der Waals surface area contributed by atoms with Gasteiger partial charge >= 0.3 is 0 Å². The van der Waals surface area contributed by atoms with E-state index in [0.29, 0.717) is 0 Å². The molecule has 0 amide bonds. The number of aryl methyl sites for hydroxylation is 1. The Bertz CT molecular complexity index is 323. The first-order chi connectivity index (χ1) is 7.77. The van der Waals surface area contributed by atoms with E-state index in [9.17, 15) is 0 Å². The van der Waals surface area contributed by atoms with Gasteiger partial charge in [0, 0.05) is 12.1 Å². The molecule has 1 aromatic rings. The molecular formula is C14H22N2. The van der Waals surface area contributed by atoms with Crippen LogP contribution in [0.15, 0.2) is 30.3 Å². The van der Waals surface area contributed by atoms with E-state index < -0.39 is 0 Å². The Balaban J connectivity index is 1.98. The van der Waals surface area contributed by atoms with Crippen LogP contribution in [0.25, 0.3) is 0 Å². The van der Waals surface area contributed by atoms with E-state index in [1.807, 2.05) is 0 Å². The van der Waals surface area contributed by atoms with E-state index in [4.69, 9.17) is 5.73 Å². The van der Waals surface area contributed by atoms with E-state index in [0.717, 1.165) is 13.0 Å². The molecule has 1 heterocycles. The average molecular weight is 218 g/mol. The summed E-state index contributed by atoms with van der Waals surface area (Å²) >= 11 is 0. The smallest absolute Gasteiger partial charge is 0.0332 e. The van der Waals surface area contributed by atoms with Gasteiger partial charge in [0.15, 0.2) is 0 Å². The molecule has 2 rings (SSSR count). The first-order valence-corrected chi connectivity index (χ1v) is 6.22. The average Bonchev–Trinajstić information content (AvgIpc) is 2.70. The van der Waals surface area contributed by atoms with Crippen LogP contribution in [0.5, 0.6) is 0 Å². The Kier molecular flexibility index (Phi) is 3.62. The Morgan fingerprint density at radius 2 is 2.06 bits per heavy atom. The predicted molar refractivity (Wildman–Crippen MR) is 68.4 cm³/mol. The standard InChI is InChI=1S/C14H22N2/c1-16-11-5-9-14(16,12-15)10-8-13-6-3-2-4-7-13/h2-4,6-7H,5,8-12,15H2,1H3. The van der Waals surface area contributed by atoms with Gasteiger partial charge in [-0.1, -0.05) is 30.3 Å². The van der Waals surface area contributed by atoms with Crippen molar-refractivity contribution in [1.82, 2.24) is 4.90 Å². The van der Waals surface area contributed by atoms with Crippen LogP contribution in [0.4, 0.5) is 0 Å². The normalized spacial score (nSPS) is 26.1. The summed E-state index contributed by atoms with van der Waals surface area (Å²) in [6.45, 7) is 1.99. The van der Waals surface area contributed by atoms with Crippen molar-refractivity contribution in [1.29, 1.82) is 0 Å². The van der Waals surface area contributed by atoms with Crippen molar-refractivity contribution in [3.63, 3.8) is 0 Å². The van der Waals surface area contributed by atoms with Gasteiger partial charge in [0.2, 0.25) is 0 Å². The van der Waals surface area contributed by atoms with Crippen molar-refractivity contribution in [2.45, 2.75) is 31.2 Å². The highest BCUT2D eigenvalue weighted by atomic mass is 15.2. The number of nitrogens with two attached hydrogens (primary N) is 1. The lowest BCUT2D eigenvalue weighted by molar-refractivity contribution is 0.169. The molecule has 1 aromatic carbocycles. The summed E-state index contributed by atoms with van der Waals surface area (Å²) in [6, 6.07) is 10.7. The van der Waals surface area contributed by atoms with E-state index in [1.54, 1.807) is 0 Å². The number of nitrogens with zero attached hydrogens (tertiary/aromatic N) is 1. The molecule has 1 aliphatic rings. The molecule has 16 heavy (non-hydrogen) atoms. The fourth-order valence-corrected chi connectivity index (χ4v) is 2.77. The summed E-state index contributed by atoms with van der Waals surface area (Å²) < 4.78 is 0. The molecule has 0 saturated carbocycles. The summed E-state index contributed by atoms with van der Waals surface area (Å²) in [5, 5.41) is 0. The third kappa shape index (κ3) is 2.28. The zero-order valence-electron chi connectivity index (χ0n) is 10.2. The highest BCUT2D eigenvalue weighted by Crippen LogP contribution is 2.31. The van der Waals surface area contributed by atoms with Gasteiger partial charge in [-0.15, -0.1) is 0 Å². The molecule has 2 nitrogen and oxygen atoms in total. The van der Waals surface area contributed by atoms with Crippen LogP contribution in [-0.4, -0.2) is 30.6 Å². The minimum atomic E-state index is 0.260. The number of hydrogen-bond donors (Lipinski definition) is 1. The summed E-state index contributed by atoms with van der Waals surface area (Å²) in [7, 11) is 2.21. The number of likely N-dealkylation sites (tertiary alicyclic amines) is 1. The number of rotatable bonds is 4. The van der Waals surface area contributed by atoms with Gasteiger partial charge in [0.1, 0.15) is 0 Å². The van der Waals surface area contributed by atoms with Gasteiger partial charge in [-0.25, -0.2) is 0 Å². The molecule has 1 saturated heterocycles. The lowest BCUT2D eigenvalue weighted by atomic mass is 9.89. The molecule has 2 heteroatoms. The quantitative estimate of drug-likeness (QED) is 0.838. The van der Waals surface area contributed by atoms with Crippen LogP contribution < -0.4 is 5.73 Å². The van der Waals surface area contributed by atoms with E-state index in [2.05, 4.69) is 42.3 Å². The largest absolute Gasteiger partial charge is 0.329 e. The van der Waals surface area contributed by atoms with Crippen LogP contribution >= 0.6 is 0 Å². The third-order valence-corrected chi connectivity index (χ3v) is 4.05. The number of hydrogen-bond acceptors (Lipinski definition) is 2. The van der Waals surface area contributed by atoms with Crippen LogP contribution in [0, 0.1) is 0 Å². The van der Waals surface area contributed by atoms with Gasteiger partial charge in [0.05, 0.1) is 0 Å². The van der Waals surface area contributed by atoms with E-state index in [-0.39, 0.29) is 5.54 Å². The maximum absolute atomic E-state index is 5.98. The first kappa shape index (κ1) is 11.6. The topological polar surface area (TPSA) is 29.3 Å². The molecule has 0 radical (unpaired) electrons. The highest BCUT2D eigenvalue weighted by molar-refractivity contribution is 5.15. The fourth-order valence-electron chi connectivity index (χ4n) is 2.77. The minimum absolute atomic E-state index is 0.260. The Morgan fingerprint density at radius 3 is 2.62 bits per heavy atom. The van der Waals surface area contributed by atoms with E-state index >= 15 is 0 Å². The summed E-state index contributed by atoms with van der Waals surface area (Å²) in [6.07, 6.45) is 4.88. The van der Waals surface area contributed by atoms with Crippen molar-refractivity contribution in [2.24, 2.45) is 5.73 Å². The van der Waals surface area contributed by atoms with Crippen molar-refractivity contribution in [2.75, 3.05) is 20.1 Å². The molecular weight excluding hydrogens is 196 g/mol. The molecule has 0 bridgehead atoms. The molecule has 88 valence electrons. The lowest BCUT2D eigenvalue weighted by Crippen LogP contribution is -2.47. The van der Waals surface area contributed by atoms with Gasteiger partial charge < -0.3 is 5.73 Å². The number of likely N-dealkylation sites (N-methyl/N-ethyl adjacent to an activating group) is 1. The van der Waals surface area contributed by atoms with Crippen molar-refractivity contribution in [3.05, 3.63) is 35.9 Å². The predicted octanol–water partition coefficient (Wildman–Crippen LogP) is 2.04. The number of benzene rings is 1. The van der Waals surface area contributed by atoms with Crippen LogP contribution in [0.3, 0.4) is 0 Å². The van der Waals surface area contributed by atoms with E-state index in [1.165, 1.54) is 31.4 Å². The molecule has 1 atom stereocenters. The zero-order chi connectivity index (χ0) is 11.4. The molecule has 2 N–H and O–H groups in total. The molecule has 0 spiro atoms. The van der Waals surface area contributed by atoms with Crippen molar-refractivity contribution < 1.29 is 0 Å². The van der Waals surface area contributed by atoms with Crippen molar-refractivity contribution >= 4 is 0 Å². The fraction of sp³-hybridized carbons (Fsp3) is 0.571. The maximum atomic E-state index is 5.98. The van der Waals surface area contributed by atoms with Gasteiger partial charge in [-0.2, -0.15) is 0 Å². The molecule has 1 unspecified atom stereocenters. The summed E-state index contributed by atoms with van der Waals surface area (Å²) in [4.78, 5) is 2.45. The first-order valence-electron chi connectivity index (χ1n) is 6.22. The van der Waals surface area contributed by atoms with Crippen LogP contribution in [0.1, 0.15) is 24.8 Å². The molecule has 1 fully saturated rings. The Labute approximate surface area is 98.4 Å². The Morgan fingerprint density at radius 1 is 1.31 bits per heavy atom. The second-order valence-corrected chi connectivity index (χ2v) is 4.94. The molecule has 0 aliphatic carbocycles. The second-order valence-electron chi connectivity index (χ2n) is 4.94. The third-order valence-electron chi connectivity index (χ3n) is 4.05. The van der Waals surface area contributed by atoms with Crippen LogP contribution in [-0.2, 0) is 6.42 Å². The molecule has 0 aromatic heterocycles. The van der Waals surface area contributed by atoms with Gasteiger partial charge in [-0.05, 0) is 44.8 Å². The Hall–Kier alpha value is -0.860. The monoisotopic (exact) mass is 218 g/mol. The van der Waals surface area contributed by atoms with Crippen LogP contribution in [0.2, 0.25) is 0 Å². The lowest BCUT2D eigenvalue weighted by Gasteiger charge is -2.35. The highest BCUT2D eigenvalue weighted by Gasteiger charge is 2.36. The zero-order valence-corrected chi connectivity index (χ0v) is 10.2. The van der Waals surface area contributed by atoms with Gasteiger partial charge in [-0.3, -0.25) is 4.90 Å². The van der Waals surface area contributed by atoms with Crippen molar-refractivity contribution in [3.8, 4) is 0 Å². The summed E-state index contributed by atoms with van der Waals surface area (Å²) in [5.74, 6) is 0. The minimum Gasteiger partial charge on any atom is -0.329 e. The second kappa shape index (κ2) is 4.98. The maximum Gasteiger partial charge on any atom is 0.0332 e. The van der Waals surface area contributed by atoms with Gasteiger partial charge in [0.25, 0.3) is 0 Å².